The van der Waals surface area contributed by atoms with Crippen LogP contribution < -0.4 is 0 Å². The molecule has 21 heavy (non-hydrogen) atoms. The van der Waals surface area contributed by atoms with Crippen molar-refractivity contribution in [3.63, 3.8) is 0 Å². The van der Waals surface area contributed by atoms with Crippen molar-refractivity contribution < 1.29 is 14.7 Å². The maximum atomic E-state index is 12.6. The first-order valence-electron chi connectivity index (χ1n) is 7.20. The van der Waals surface area contributed by atoms with Crippen molar-refractivity contribution in [1.82, 2.24) is 4.90 Å². The van der Waals surface area contributed by atoms with Crippen molar-refractivity contribution in [2.75, 3.05) is 7.05 Å². The van der Waals surface area contributed by atoms with Gasteiger partial charge in [0.15, 0.2) is 0 Å². The Morgan fingerprint density at radius 2 is 1.90 bits per heavy atom. The minimum atomic E-state index is -1.000. The summed E-state index contributed by atoms with van der Waals surface area (Å²) in [5.41, 5.74) is 2.18. The zero-order valence-corrected chi connectivity index (χ0v) is 13.1. The largest absolute Gasteiger partial charge is 0.478 e. The molecule has 0 atom stereocenters. The molecule has 0 saturated carbocycles. The second kappa shape index (κ2) is 7.62. The molecule has 114 valence electrons. The first kappa shape index (κ1) is 17.0. The van der Waals surface area contributed by atoms with E-state index in [-0.39, 0.29) is 11.9 Å². The fourth-order valence-electron chi connectivity index (χ4n) is 2.42. The Hall–Kier alpha value is -2.10. The Kier molecular flexibility index (Phi) is 6.15. The lowest BCUT2D eigenvalue weighted by molar-refractivity contribution is -0.131. The highest BCUT2D eigenvalue weighted by molar-refractivity contribution is 5.97. The first-order valence-corrected chi connectivity index (χ1v) is 7.20. The zero-order chi connectivity index (χ0) is 16.0. The highest BCUT2D eigenvalue weighted by Gasteiger charge is 2.20. The van der Waals surface area contributed by atoms with Gasteiger partial charge in [0, 0.05) is 24.7 Å². The Bertz CT molecular complexity index is 545. The van der Waals surface area contributed by atoms with Crippen molar-refractivity contribution in [3.05, 3.63) is 41.0 Å². The Morgan fingerprint density at radius 3 is 2.43 bits per heavy atom. The third kappa shape index (κ3) is 4.18. The lowest BCUT2D eigenvalue weighted by Gasteiger charge is -2.27. The van der Waals surface area contributed by atoms with Crippen LogP contribution in [0.1, 0.15) is 48.2 Å². The number of benzene rings is 1. The summed E-state index contributed by atoms with van der Waals surface area (Å²) in [5, 5.41) is 8.71. The molecular formula is C17H23NO3. The predicted octanol–water partition coefficient (Wildman–Crippen LogP) is 3.35. The van der Waals surface area contributed by atoms with Crippen molar-refractivity contribution in [2.45, 2.75) is 39.7 Å². The van der Waals surface area contributed by atoms with Crippen molar-refractivity contribution in [3.8, 4) is 0 Å². The zero-order valence-electron chi connectivity index (χ0n) is 13.1. The van der Waals surface area contributed by atoms with Gasteiger partial charge in [-0.2, -0.15) is 0 Å². The topological polar surface area (TPSA) is 57.6 Å². The molecule has 0 heterocycles. The maximum Gasteiger partial charge on any atom is 0.328 e. The number of carbonyl (C=O) groups is 2. The van der Waals surface area contributed by atoms with Crippen LogP contribution in [0.15, 0.2) is 24.3 Å². The molecule has 1 amide bonds. The van der Waals surface area contributed by atoms with Crippen LogP contribution in [-0.4, -0.2) is 35.0 Å². The number of hydrogen-bond acceptors (Lipinski definition) is 2. The van der Waals surface area contributed by atoms with Gasteiger partial charge in [-0.05, 0) is 43.0 Å². The Balaban J connectivity index is 3.11. The average Bonchev–Trinajstić information content (AvgIpc) is 2.46. The van der Waals surface area contributed by atoms with E-state index in [0.717, 1.165) is 30.0 Å². The Morgan fingerprint density at radius 1 is 1.29 bits per heavy atom. The minimum Gasteiger partial charge on any atom is -0.478 e. The molecule has 0 aliphatic rings. The lowest BCUT2D eigenvalue weighted by Crippen LogP contribution is -2.36. The van der Waals surface area contributed by atoms with Gasteiger partial charge in [0.1, 0.15) is 0 Å². The summed E-state index contributed by atoms with van der Waals surface area (Å²) < 4.78 is 0. The number of hydrogen-bond donors (Lipinski definition) is 1. The minimum absolute atomic E-state index is 0.0215. The average molecular weight is 289 g/mol. The summed E-state index contributed by atoms with van der Waals surface area (Å²) in [6.45, 7) is 5.98. The van der Waals surface area contributed by atoms with Gasteiger partial charge in [-0.25, -0.2) is 4.79 Å². The third-order valence-electron chi connectivity index (χ3n) is 3.82. The van der Waals surface area contributed by atoms with Gasteiger partial charge in [0.2, 0.25) is 0 Å². The van der Waals surface area contributed by atoms with Crippen LogP contribution in [0.25, 0.3) is 6.08 Å². The van der Waals surface area contributed by atoms with Crippen molar-refractivity contribution in [2.24, 2.45) is 0 Å². The highest BCUT2D eigenvalue weighted by Crippen LogP contribution is 2.19. The van der Waals surface area contributed by atoms with E-state index < -0.39 is 5.97 Å². The van der Waals surface area contributed by atoms with Crippen molar-refractivity contribution in [1.29, 1.82) is 0 Å². The molecule has 0 spiro atoms. The molecule has 0 bridgehead atoms. The summed E-state index contributed by atoms with van der Waals surface area (Å²) >= 11 is 0. The standard InChI is InChI=1S/C17H23NO3/c1-5-14(6-2)18(4)17(21)15-9-7-8-13(12(15)3)10-11-16(19)20/h7-11,14H,5-6H2,1-4H3,(H,19,20). The summed E-state index contributed by atoms with van der Waals surface area (Å²) in [6.07, 6.45) is 4.43. The second-order valence-corrected chi connectivity index (χ2v) is 5.08. The van der Waals surface area contributed by atoms with Gasteiger partial charge in [0.25, 0.3) is 5.91 Å². The number of amides is 1. The second-order valence-electron chi connectivity index (χ2n) is 5.08. The van der Waals surface area contributed by atoms with E-state index in [0.29, 0.717) is 5.56 Å². The maximum absolute atomic E-state index is 12.6. The van der Waals surface area contributed by atoms with Gasteiger partial charge in [-0.1, -0.05) is 26.0 Å². The normalized spacial score (nSPS) is 11.1. The fraction of sp³-hybridized carbons (Fsp3) is 0.412. The van der Waals surface area contributed by atoms with E-state index in [1.165, 1.54) is 6.08 Å². The smallest absolute Gasteiger partial charge is 0.328 e. The molecule has 0 radical (unpaired) electrons. The molecule has 1 N–H and O–H groups in total. The third-order valence-corrected chi connectivity index (χ3v) is 3.82. The monoisotopic (exact) mass is 289 g/mol. The Labute approximate surface area is 126 Å². The molecule has 0 saturated heterocycles. The predicted molar refractivity (Wildman–Crippen MR) is 84.3 cm³/mol. The molecule has 1 aromatic rings. The lowest BCUT2D eigenvalue weighted by atomic mass is 10.00. The van der Waals surface area contributed by atoms with Crippen LogP contribution in [0, 0.1) is 6.92 Å². The van der Waals surface area contributed by atoms with Crippen LogP contribution in [0.3, 0.4) is 0 Å². The molecule has 1 aromatic carbocycles. The molecule has 0 aromatic heterocycles. The number of nitrogens with zero attached hydrogens (tertiary/aromatic N) is 1. The molecule has 0 aliphatic carbocycles. The first-order chi connectivity index (χ1) is 9.92. The highest BCUT2D eigenvalue weighted by atomic mass is 16.4. The molecular weight excluding hydrogens is 266 g/mol. The van der Waals surface area contributed by atoms with E-state index in [1.807, 2.05) is 20.0 Å². The van der Waals surface area contributed by atoms with E-state index in [2.05, 4.69) is 13.8 Å². The van der Waals surface area contributed by atoms with Crippen LogP contribution in [0.4, 0.5) is 0 Å². The SMILES string of the molecule is CCC(CC)N(C)C(=O)c1cccc(C=CC(=O)O)c1C. The van der Waals surface area contributed by atoms with Gasteiger partial charge in [-0.15, -0.1) is 0 Å². The molecule has 0 aliphatic heterocycles. The van der Waals surface area contributed by atoms with Crippen LogP contribution in [-0.2, 0) is 4.79 Å². The molecule has 0 fully saturated rings. The van der Waals surface area contributed by atoms with E-state index >= 15 is 0 Å². The van der Waals surface area contributed by atoms with Gasteiger partial charge < -0.3 is 10.0 Å². The number of carboxylic acid groups (broad SMARTS) is 1. The number of carboxylic acids is 1. The molecule has 0 unspecified atom stereocenters. The quantitative estimate of drug-likeness (QED) is 0.817. The summed E-state index contributed by atoms with van der Waals surface area (Å²) in [7, 11) is 1.82. The van der Waals surface area contributed by atoms with Crippen LogP contribution in [0.2, 0.25) is 0 Å². The number of rotatable bonds is 6. The van der Waals surface area contributed by atoms with Crippen LogP contribution in [0.5, 0.6) is 0 Å². The molecule has 1 rings (SSSR count). The van der Waals surface area contributed by atoms with E-state index in [1.54, 1.807) is 17.0 Å². The number of aliphatic carboxylic acids is 1. The van der Waals surface area contributed by atoms with Gasteiger partial charge >= 0.3 is 5.97 Å². The van der Waals surface area contributed by atoms with Crippen molar-refractivity contribution >= 4 is 18.0 Å². The fourth-order valence-corrected chi connectivity index (χ4v) is 2.42. The molecule has 4 nitrogen and oxygen atoms in total. The van der Waals surface area contributed by atoms with Crippen LogP contribution >= 0.6 is 0 Å². The summed E-state index contributed by atoms with van der Waals surface area (Å²) in [5.74, 6) is -1.02. The summed E-state index contributed by atoms with van der Waals surface area (Å²) in [4.78, 5) is 25.0. The number of carbonyl (C=O) groups excluding carboxylic acids is 1. The van der Waals surface area contributed by atoms with E-state index in [9.17, 15) is 9.59 Å². The summed E-state index contributed by atoms with van der Waals surface area (Å²) in [6, 6.07) is 5.59. The van der Waals surface area contributed by atoms with Gasteiger partial charge in [-0.3, -0.25) is 4.79 Å². The molecule has 4 heteroatoms. The van der Waals surface area contributed by atoms with E-state index in [4.69, 9.17) is 5.11 Å². The van der Waals surface area contributed by atoms with Gasteiger partial charge in [0.05, 0.1) is 0 Å².